The van der Waals surface area contributed by atoms with E-state index >= 15 is 0 Å². The van der Waals surface area contributed by atoms with Gasteiger partial charge in [0.05, 0.1) is 3.79 Å². The molecule has 0 N–H and O–H groups in total. The average molecular weight is 275 g/mol. The van der Waals surface area contributed by atoms with E-state index in [-0.39, 0.29) is 0 Å². The highest BCUT2D eigenvalue weighted by Gasteiger charge is 2.07. The van der Waals surface area contributed by atoms with Crippen molar-refractivity contribution in [2.24, 2.45) is 0 Å². The molecule has 0 unspecified atom stereocenters. The van der Waals surface area contributed by atoms with E-state index in [1.165, 1.54) is 23.5 Å². The zero-order valence-corrected chi connectivity index (χ0v) is 9.33. The van der Waals surface area contributed by atoms with Crippen LogP contribution >= 0.6 is 27.3 Å². The van der Waals surface area contributed by atoms with Gasteiger partial charge in [0, 0.05) is 11.6 Å². The fourth-order valence-electron chi connectivity index (χ4n) is 1.17. The summed E-state index contributed by atoms with van der Waals surface area (Å²) in [5.41, 5.74) is 1.19. The standard InChI is InChI=1S/C10H5BrF2S/c11-10-3-6(5-14-10)8-2-1-7(12)4-9(8)13/h1-5H. The predicted octanol–water partition coefficient (Wildman–Crippen LogP) is 4.46. The summed E-state index contributed by atoms with van der Waals surface area (Å²) in [6, 6.07) is 5.39. The Morgan fingerprint density at radius 1 is 1.14 bits per heavy atom. The second kappa shape index (κ2) is 3.79. The second-order valence-electron chi connectivity index (χ2n) is 2.76. The van der Waals surface area contributed by atoms with E-state index in [2.05, 4.69) is 15.9 Å². The molecule has 0 nitrogen and oxygen atoms in total. The molecule has 2 rings (SSSR count). The van der Waals surface area contributed by atoms with Crippen LogP contribution in [0, 0.1) is 11.6 Å². The van der Waals surface area contributed by atoms with Crippen LogP contribution in [0.25, 0.3) is 11.1 Å². The van der Waals surface area contributed by atoms with E-state index in [1.54, 1.807) is 6.07 Å². The summed E-state index contributed by atoms with van der Waals surface area (Å²) in [5.74, 6) is -1.09. The Balaban J connectivity index is 2.52. The van der Waals surface area contributed by atoms with Crippen molar-refractivity contribution in [1.82, 2.24) is 0 Å². The highest BCUT2D eigenvalue weighted by Crippen LogP contribution is 2.30. The first-order valence-electron chi connectivity index (χ1n) is 3.86. The van der Waals surface area contributed by atoms with Crippen molar-refractivity contribution >= 4 is 27.3 Å². The summed E-state index contributed by atoms with van der Waals surface area (Å²) < 4.78 is 26.8. The van der Waals surface area contributed by atoms with Crippen molar-refractivity contribution in [3.8, 4) is 11.1 Å². The smallest absolute Gasteiger partial charge is 0.133 e. The van der Waals surface area contributed by atoms with Gasteiger partial charge in [0.25, 0.3) is 0 Å². The molecule has 0 fully saturated rings. The van der Waals surface area contributed by atoms with Crippen LogP contribution in [0.5, 0.6) is 0 Å². The molecule has 0 radical (unpaired) electrons. The van der Waals surface area contributed by atoms with Gasteiger partial charge in [-0.25, -0.2) is 8.78 Å². The summed E-state index contributed by atoms with van der Waals surface area (Å²) in [4.78, 5) is 0. The summed E-state index contributed by atoms with van der Waals surface area (Å²) >= 11 is 4.76. The van der Waals surface area contributed by atoms with E-state index in [0.29, 0.717) is 5.56 Å². The van der Waals surface area contributed by atoms with Crippen LogP contribution < -0.4 is 0 Å². The van der Waals surface area contributed by atoms with E-state index in [4.69, 9.17) is 0 Å². The number of rotatable bonds is 1. The van der Waals surface area contributed by atoms with E-state index in [0.717, 1.165) is 15.4 Å². The van der Waals surface area contributed by atoms with Gasteiger partial charge in [0.15, 0.2) is 0 Å². The summed E-state index contributed by atoms with van der Waals surface area (Å²) in [6.07, 6.45) is 0. The molecule has 0 aliphatic carbocycles. The van der Waals surface area contributed by atoms with Gasteiger partial charge in [-0.3, -0.25) is 0 Å². The first-order chi connectivity index (χ1) is 6.66. The largest absolute Gasteiger partial charge is 0.207 e. The summed E-state index contributed by atoms with van der Waals surface area (Å²) in [6.45, 7) is 0. The molecular formula is C10H5BrF2S. The quantitative estimate of drug-likeness (QED) is 0.721. The van der Waals surface area contributed by atoms with Gasteiger partial charge in [-0.05, 0) is 45.1 Å². The zero-order chi connectivity index (χ0) is 10.1. The SMILES string of the molecule is Fc1ccc(-c2csc(Br)c2)c(F)c1. The highest BCUT2D eigenvalue weighted by atomic mass is 79.9. The number of halogens is 3. The Kier molecular flexibility index (Phi) is 2.65. The van der Waals surface area contributed by atoms with Gasteiger partial charge >= 0.3 is 0 Å². The van der Waals surface area contributed by atoms with Crippen molar-refractivity contribution in [2.45, 2.75) is 0 Å². The van der Waals surface area contributed by atoms with E-state index in [9.17, 15) is 8.78 Å². The van der Waals surface area contributed by atoms with Crippen LogP contribution in [-0.4, -0.2) is 0 Å². The first kappa shape index (κ1) is 9.80. The highest BCUT2D eigenvalue weighted by molar-refractivity contribution is 9.11. The summed E-state index contributed by atoms with van der Waals surface area (Å²) in [7, 11) is 0. The maximum Gasteiger partial charge on any atom is 0.133 e. The van der Waals surface area contributed by atoms with Crippen molar-refractivity contribution < 1.29 is 8.78 Å². The second-order valence-corrected chi connectivity index (χ2v) is 5.05. The van der Waals surface area contributed by atoms with Gasteiger partial charge in [0.2, 0.25) is 0 Å². The third kappa shape index (κ3) is 1.86. The molecule has 1 heterocycles. The minimum Gasteiger partial charge on any atom is -0.207 e. The van der Waals surface area contributed by atoms with Crippen molar-refractivity contribution in [3.05, 3.63) is 45.1 Å². The molecule has 0 saturated heterocycles. The van der Waals surface area contributed by atoms with Crippen LogP contribution in [0.1, 0.15) is 0 Å². The third-order valence-electron chi connectivity index (χ3n) is 1.81. The Bertz CT molecular complexity index is 465. The number of hydrogen-bond donors (Lipinski definition) is 0. The monoisotopic (exact) mass is 274 g/mol. The third-order valence-corrected chi connectivity index (χ3v) is 3.31. The molecule has 0 saturated carbocycles. The van der Waals surface area contributed by atoms with Gasteiger partial charge in [-0.1, -0.05) is 0 Å². The van der Waals surface area contributed by atoms with Gasteiger partial charge < -0.3 is 0 Å². The first-order valence-corrected chi connectivity index (χ1v) is 5.53. The Hall–Kier alpha value is -0.740. The van der Waals surface area contributed by atoms with Gasteiger partial charge in [-0.15, -0.1) is 11.3 Å². The normalized spacial score (nSPS) is 10.5. The molecule has 0 atom stereocenters. The zero-order valence-electron chi connectivity index (χ0n) is 6.93. The van der Waals surface area contributed by atoms with E-state index in [1.807, 2.05) is 5.38 Å². The fraction of sp³-hybridized carbons (Fsp3) is 0. The molecular weight excluding hydrogens is 270 g/mol. The van der Waals surface area contributed by atoms with Crippen molar-refractivity contribution in [2.75, 3.05) is 0 Å². The molecule has 0 bridgehead atoms. The molecule has 2 aromatic rings. The lowest BCUT2D eigenvalue weighted by molar-refractivity contribution is 0.585. The molecule has 72 valence electrons. The maximum atomic E-state index is 13.3. The lowest BCUT2D eigenvalue weighted by Gasteiger charge is -1.99. The van der Waals surface area contributed by atoms with Crippen LogP contribution in [0.3, 0.4) is 0 Å². The molecule has 1 aromatic heterocycles. The molecule has 0 amide bonds. The minimum absolute atomic E-state index is 0.424. The van der Waals surface area contributed by atoms with Crippen LogP contribution in [0.15, 0.2) is 33.4 Å². The lowest BCUT2D eigenvalue weighted by atomic mass is 10.1. The summed E-state index contributed by atoms with van der Waals surface area (Å²) in [5, 5.41) is 1.82. The Morgan fingerprint density at radius 2 is 1.93 bits per heavy atom. The Labute approximate surface area is 92.3 Å². The molecule has 1 aromatic carbocycles. The predicted molar refractivity (Wildman–Crippen MR) is 57.4 cm³/mol. The Morgan fingerprint density at radius 3 is 2.50 bits per heavy atom. The molecule has 4 heteroatoms. The van der Waals surface area contributed by atoms with E-state index < -0.39 is 11.6 Å². The van der Waals surface area contributed by atoms with Crippen molar-refractivity contribution in [3.63, 3.8) is 0 Å². The molecule has 0 aliphatic rings. The molecule has 0 spiro atoms. The van der Waals surface area contributed by atoms with Crippen LogP contribution in [-0.2, 0) is 0 Å². The van der Waals surface area contributed by atoms with Crippen LogP contribution in [0.4, 0.5) is 8.78 Å². The fourth-order valence-corrected chi connectivity index (χ4v) is 2.33. The number of thiophene rings is 1. The topological polar surface area (TPSA) is 0 Å². The maximum absolute atomic E-state index is 13.3. The lowest BCUT2D eigenvalue weighted by Crippen LogP contribution is -1.83. The van der Waals surface area contributed by atoms with Gasteiger partial charge in [0.1, 0.15) is 11.6 Å². The minimum atomic E-state index is -0.555. The van der Waals surface area contributed by atoms with Gasteiger partial charge in [-0.2, -0.15) is 0 Å². The average Bonchev–Trinajstić information content (AvgIpc) is 2.51. The molecule has 0 aliphatic heterocycles. The number of benzene rings is 1. The van der Waals surface area contributed by atoms with Crippen molar-refractivity contribution in [1.29, 1.82) is 0 Å². The van der Waals surface area contributed by atoms with Crippen LogP contribution in [0.2, 0.25) is 0 Å². The number of hydrogen-bond acceptors (Lipinski definition) is 1. The molecule has 14 heavy (non-hydrogen) atoms.